The van der Waals surface area contributed by atoms with E-state index in [4.69, 9.17) is 10.5 Å². The van der Waals surface area contributed by atoms with E-state index in [-0.39, 0.29) is 6.04 Å². The molecular formula is C15H18N2O. The number of benzene rings is 1. The molecule has 0 fully saturated rings. The van der Waals surface area contributed by atoms with Gasteiger partial charge in [-0.3, -0.25) is 0 Å². The molecule has 0 bridgehead atoms. The van der Waals surface area contributed by atoms with E-state index in [1.165, 1.54) is 0 Å². The van der Waals surface area contributed by atoms with E-state index in [9.17, 15) is 0 Å². The van der Waals surface area contributed by atoms with Gasteiger partial charge in [-0.1, -0.05) is 43.3 Å². The normalized spacial score (nSPS) is 12.1. The van der Waals surface area contributed by atoms with Gasteiger partial charge in [0.15, 0.2) is 0 Å². The van der Waals surface area contributed by atoms with Gasteiger partial charge in [-0.2, -0.15) is 0 Å². The van der Waals surface area contributed by atoms with Gasteiger partial charge in [0.1, 0.15) is 6.61 Å². The summed E-state index contributed by atoms with van der Waals surface area (Å²) in [5.41, 5.74) is 8.11. The third kappa shape index (κ3) is 3.31. The largest absolute Gasteiger partial charge is 0.473 e. The number of nitrogens with zero attached hydrogens (tertiary/aromatic N) is 1. The molecule has 1 unspecified atom stereocenters. The van der Waals surface area contributed by atoms with Crippen LogP contribution in [0.1, 0.15) is 30.5 Å². The summed E-state index contributed by atoms with van der Waals surface area (Å²) >= 11 is 0. The summed E-state index contributed by atoms with van der Waals surface area (Å²) in [7, 11) is 0. The molecule has 1 heterocycles. The molecule has 0 radical (unpaired) electrons. The third-order valence-electron chi connectivity index (χ3n) is 2.86. The van der Waals surface area contributed by atoms with E-state index >= 15 is 0 Å². The van der Waals surface area contributed by atoms with Gasteiger partial charge < -0.3 is 10.5 Å². The average molecular weight is 242 g/mol. The van der Waals surface area contributed by atoms with Crippen LogP contribution in [0, 0.1) is 0 Å². The van der Waals surface area contributed by atoms with Gasteiger partial charge in [0, 0.05) is 18.3 Å². The zero-order chi connectivity index (χ0) is 12.8. The lowest BCUT2D eigenvalue weighted by Crippen LogP contribution is -2.09. The Kier molecular flexibility index (Phi) is 4.31. The Morgan fingerprint density at radius 3 is 2.56 bits per heavy atom. The van der Waals surface area contributed by atoms with E-state index < -0.39 is 0 Å². The topological polar surface area (TPSA) is 48.1 Å². The van der Waals surface area contributed by atoms with E-state index in [0.29, 0.717) is 12.5 Å². The fourth-order valence-electron chi connectivity index (χ4n) is 1.66. The second kappa shape index (κ2) is 6.17. The first-order valence-corrected chi connectivity index (χ1v) is 6.18. The number of nitrogens with two attached hydrogens (primary N) is 1. The van der Waals surface area contributed by atoms with Crippen LogP contribution in [-0.4, -0.2) is 4.98 Å². The molecule has 2 aromatic rings. The summed E-state index contributed by atoms with van der Waals surface area (Å²) < 4.78 is 5.61. The minimum atomic E-state index is 0.0562. The zero-order valence-corrected chi connectivity index (χ0v) is 10.5. The molecule has 0 aliphatic heterocycles. The predicted octanol–water partition coefficient (Wildman–Crippen LogP) is 3.07. The van der Waals surface area contributed by atoms with Crippen LogP contribution in [-0.2, 0) is 6.61 Å². The van der Waals surface area contributed by atoms with Crippen LogP contribution in [0.15, 0.2) is 48.7 Å². The van der Waals surface area contributed by atoms with Crippen molar-refractivity contribution in [2.45, 2.75) is 26.0 Å². The lowest BCUT2D eigenvalue weighted by Gasteiger charge is -2.10. The first kappa shape index (κ1) is 12.6. The number of ether oxygens (including phenoxy) is 1. The molecule has 2 rings (SSSR count). The maximum absolute atomic E-state index is 5.93. The predicted molar refractivity (Wildman–Crippen MR) is 72.2 cm³/mol. The monoisotopic (exact) mass is 242 g/mol. The summed E-state index contributed by atoms with van der Waals surface area (Å²) in [5, 5.41) is 0. The van der Waals surface area contributed by atoms with Crippen molar-refractivity contribution in [1.82, 2.24) is 4.98 Å². The van der Waals surface area contributed by atoms with Crippen LogP contribution in [0.3, 0.4) is 0 Å². The molecule has 18 heavy (non-hydrogen) atoms. The molecular weight excluding hydrogens is 224 g/mol. The highest BCUT2D eigenvalue weighted by Crippen LogP contribution is 2.16. The van der Waals surface area contributed by atoms with E-state index in [2.05, 4.69) is 11.9 Å². The first-order valence-electron chi connectivity index (χ1n) is 6.18. The van der Waals surface area contributed by atoms with Crippen LogP contribution in [0.5, 0.6) is 5.88 Å². The maximum atomic E-state index is 5.93. The lowest BCUT2D eigenvalue weighted by molar-refractivity contribution is 0.293. The van der Waals surface area contributed by atoms with Gasteiger partial charge in [-0.25, -0.2) is 4.98 Å². The average Bonchev–Trinajstić information content (AvgIpc) is 2.46. The van der Waals surface area contributed by atoms with Crippen molar-refractivity contribution in [2.75, 3.05) is 0 Å². The Bertz CT molecular complexity index is 468. The van der Waals surface area contributed by atoms with Crippen LogP contribution >= 0.6 is 0 Å². The Morgan fingerprint density at radius 2 is 1.94 bits per heavy atom. The van der Waals surface area contributed by atoms with Gasteiger partial charge in [-0.15, -0.1) is 0 Å². The number of pyridine rings is 1. The third-order valence-corrected chi connectivity index (χ3v) is 2.86. The highest BCUT2D eigenvalue weighted by atomic mass is 16.5. The van der Waals surface area contributed by atoms with Gasteiger partial charge in [0.25, 0.3) is 0 Å². The van der Waals surface area contributed by atoms with Crippen molar-refractivity contribution in [3.63, 3.8) is 0 Å². The molecule has 3 heteroatoms. The maximum Gasteiger partial charge on any atom is 0.213 e. The van der Waals surface area contributed by atoms with Gasteiger partial charge >= 0.3 is 0 Å². The molecule has 0 aliphatic carbocycles. The molecule has 2 N–H and O–H groups in total. The summed E-state index contributed by atoms with van der Waals surface area (Å²) in [6.45, 7) is 2.59. The van der Waals surface area contributed by atoms with Crippen LogP contribution in [0.25, 0.3) is 0 Å². The smallest absolute Gasteiger partial charge is 0.213 e. The van der Waals surface area contributed by atoms with Crippen molar-refractivity contribution in [3.8, 4) is 5.88 Å². The standard InChI is InChI=1S/C15H18N2O/c1-2-14(16)13-8-9-15(17-10-13)18-11-12-6-4-3-5-7-12/h3-10,14H,2,11,16H2,1H3. The molecule has 0 spiro atoms. The summed E-state index contributed by atoms with van der Waals surface area (Å²) in [4.78, 5) is 4.26. The molecule has 3 nitrogen and oxygen atoms in total. The van der Waals surface area contributed by atoms with Gasteiger partial charge in [-0.05, 0) is 17.5 Å². The number of hydrogen-bond acceptors (Lipinski definition) is 3. The number of hydrogen-bond donors (Lipinski definition) is 1. The van der Waals surface area contributed by atoms with Gasteiger partial charge in [0.05, 0.1) is 0 Å². The molecule has 0 saturated carbocycles. The van der Waals surface area contributed by atoms with Crippen LogP contribution in [0.2, 0.25) is 0 Å². The fourth-order valence-corrected chi connectivity index (χ4v) is 1.66. The summed E-state index contributed by atoms with van der Waals surface area (Å²) in [5.74, 6) is 0.630. The molecule has 94 valence electrons. The number of aromatic nitrogens is 1. The quantitative estimate of drug-likeness (QED) is 0.876. The highest BCUT2D eigenvalue weighted by molar-refractivity contribution is 5.21. The van der Waals surface area contributed by atoms with E-state index in [1.807, 2.05) is 42.5 Å². The second-order valence-corrected chi connectivity index (χ2v) is 4.22. The van der Waals surface area contributed by atoms with E-state index in [0.717, 1.165) is 17.5 Å². The molecule has 0 aliphatic rings. The Morgan fingerprint density at radius 1 is 1.17 bits per heavy atom. The summed E-state index contributed by atoms with van der Waals surface area (Å²) in [6.07, 6.45) is 2.69. The summed E-state index contributed by atoms with van der Waals surface area (Å²) in [6, 6.07) is 13.9. The van der Waals surface area contributed by atoms with Crippen LogP contribution < -0.4 is 10.5 Å². The molecule has 1 atom stereocenters. The fraction of sp³-hybridized carbons (Fsp3) is 0.267. The Balaban J connectivity index is 1.94. The molecule has 1 aromatic carbocycles. The lowest BCUT2D eigenvalue weighted by atomic mass is 10.1. The molecule has 1 aromatic heterocycles. The zero-order valence-electron chi connectivity index (χ0n) is 10.5. The van der Waals surface area contributed by atoms with Crippen LogP contribution in [0.4, 0.5) is 0 Å². The minimum absolute atomic E-state index is 0.0562. The Hall–Kier alpha value is -1.87. The SMILES string of the molecule is CCC(N)c1ccc(OCc2ccccc2)nc1. The van der Waals surface area contributed by atoms with Crippen molar-refractivity contribution in [3.05, 3.63) is 59.8 Å². The first-order chi connectivity index (χ1) is 8.79. The van der Waals surface area contributed by atoms with Gasteiger partial charge in [0.2, 0.25) is 5.88 Å². The molecule has 0 amide bonds. The highest BCUT2D eigenvalue weighted by Gasteiger charge is 2.04. The molecule has 0 saturated heterocycles. The second-order valence-electron chi connectivity index (χ2n) is 4.22. The van der Waals surface area contributed by atoms with Crippen molar-refractivity contribution in [2.24, 2.45) is 5.73 Å². The Labute approximate surface area is 108 Å². The van der Waals surface area contributed by atoms with Crippen molar-refractivity contribution < 1.29 is 4.74 Å². The minimum Gasteiger partial charge on any atom is -0.473 e. The number of rotatable bonds is 5. The van der Waals surface area contributed by atoms with Crippen molar-refractivity contribution >= 4 is 0 Å². The van der Waals surface area contributed by atoms with E-state index in [1.54, 1.807) is 6.20 Å². The van der Waals surface area contributed by atoms with Crippen molar-refractivity contribution in [1.29, 1.82) is 0 Å².